The number of H-pyrrole nitrogens is 1. The number of aromatic nitrogens is 1. The van der Waals surface area contributed by atoms with Gasteiger partial charge in [-0.15, -0.1) is 0 Å². The van der Waals surface area contributed by atoms with Crippen LogP contribution in [0, 0.1) is 20.8 Å². The number of rotatable bonds is 2. The van der Waals surface area contributed by atoms with E-state index in [4.69, 9.17) is 4.74 Å². The predicted molar refractivity (Wildman–Crippen MR) is 73.3 cm³/mol. The lowest BCUT2D eigenvalue weighted by molar-refractivity contribution is 0.411. The molecule has 94 valence electrons. The molecule has 0 atom stereocenters. The maximum atomic E-state index is 11.6. The number of ether oxygens (including phenoxy) is 1. The zero-order valence-corrected chi connectivity index (χ0v) is 11.1. The van der Waals surface area contributed by atoms with Crippen molar-refractivity contribution in [3.05, 3.63) is 51.3 Å². The van der Waals surface area contributed by atoms with E-state index < -0.39 is 0 Å². The molecule has 0 fully saturated rings. The summed E-state index contributed by atoms with van der Waals surface area (Å²) in [6.45, 7) is 5.94. The van der Waals surface area contributed by atoms with Gasteiger partial charge in [-0.1, -0.05) is 0 Å². The van der Waals surface area contributed by atoms with Gasteiger partial charge in [0.05, 0.1) is 7.11 Å². The third-order valence-electron chi connectivity index (χ3n) is 3.22. The minimum atomic E-state index is 0.0223. The quantitative estimate of drug-likeness (QED) is 0.881. The van der Waals surface area contributed by atoms with Crippen LogP contribution in [0.25, 0.3) is 11.3 Å². The first kappa shape index (κ1) is 12.4. The van der Waals surface area contributed by atoms with Crippen LogP contribution in [0.3, 0.4) is 0 Å². The third kappa shape index (κ3) is 2.16. The second-order valence-electron chi connectivity index (χ2n) is 4.48. The van der Waals surface area contributed by atoms with Gasteiger partial charge in [-0.25, -0.2) is 0 Å². The standard InChI is InChI=1S/C15H17NO2/c1-9-7-12(17)8-14(16-9)13-5-6-15(18-4)11(3)10(13)2/h5-8H,1-4H3,(H,16,17). The molecule has 0 bridgehead atoms. The summed E-state index contributed by atoms with van der Waals surface area (Å²) in [6, 6.07) is 7.13. The molecule has 0 spiro atoms. The van der Waals surface area contributed by atoms with Gasteiger partial charge in [0.25, 0.3) is 0 Å². The maximum Gasteiger partial charge on any atom is 0.182 e. The normalized spacial score (nSPS) is 10.4. The number of hydrogen-bond acceptors (Lipinski definition) is 2. The fraction of sp³-hybridized carbons (Fsp3) is 0.267. The van der Waals surface area contributed by atoms with Gasteiger partial charge in [0, 0.05) is 29.1 Å². The zero-order valence-electron chi connectivity index (χ0n) is 11.1. The number of hydrogen-bond donors (Lipinski definition) is 1. The molecule has 3 heteroatoms. The second-order valence-corrected chi connectivity index (χ2v) is 4.48. The largest absolute Gasteiger partial charge is 0.496 e. The van der Waals surface area contributed by atoms with Crippen molar-refractivity contribution in [2.45, 2.75) is 20.8 Å². The first-order chi connectivity index (χ1) is 8.52. The van der Waals surface area contributed by atoms with Gasteiger partial charge in [-0.2, -0.15) is 0 Å². The Balaban J connectivity index is 2.64. The smallest absolute Gasteiger partial charge is 0.182 e. The summed E-state index contributed by atoms with van der Waals surface area (Å²) < 4.78 is 5.29. The van der Waals surface area contributed by atoms with Crippen molar-refractivity contribution in [3.8, 4) is 17.0 Å². The van der Waals surface area contributed by atoms with Gasteiger partial charge in [0.1, 0.15) is 5.75 Å². The minimum Gasteiger partial charge on any atom is -0.496 e. The molecule has 0 amide bonds. The zero-order chi connectivity index (χ0) is 13.3. The van der Waals surface area contributed by atoms with Crippen molar-refractivity contribution >= 4 is 0 Å². The molecule has 0 aliphatic heterocycles. The van der Waals surface area contributed by atoms with E-state index >= 15 is 0 Å². The first-order valence-corrected chi connectivity index (χ1v) is 5.88. The van der Waals surface area contributed by atoms with E-state index in [9.17, 15) is 4.79 Å². The average molecular weight is 243 g/mol. The molecule has 1 N–H and O–H groups in total. The number of pyridine rings is 1. The van der Waals surface area contributed by atoms with Gasteiger partial charge in [0.15, 0.2) is 5.43 Å². The molecule has 2 rings (SSSR count). The molecule has 0 aliphatic rings. The molecule has 0 aliphatic carbocycles. The Morgan fingerprint density at radius 2 is 1.78 bits per heavy atom. The average Bonchev–Trinajstić information content (AvgIpc) is 2.31. The minimum absolute atomic E-state index is 0.0223. The van der Waals surface area contributed by atoms with Crippen LogP contribution in [0.1, 0.15) is 16.8 Å². The van der Waals surface area contributed by atoms with Gasteiger partial charge in [-0.3, -0.25) is 4.79 Å². The Labute approximate surface area is 106 Å². The summed E-state index contributed by atoms with van der Waals surface area (Å²) in [5.74, 6) is 0.867. The molecule has 1 aromatic heterocycles. The maximum absolute atomic E-state index is 11.6. The van der Waals surface area contributed by atoms with Crippen LogP contribution in [-0.4, -0.2) is 12.1 Å². The van der Waals surface area contributed by atoms with Gasteiger partial charge >= 0.3 is 0 Å². The van der Waals surface area contributed by atoms with E-state index in [1.807, 2.05) is 32.9 Å². The third-order valence-corrected chi connectivity index (χ3v) is 3.22. The molecule has 3 nitrogen and oxygen atoms in total. The van der Waals surface area contributed by atoms with Crippen molar-refractivity contribution in [1.29, 1.82) is 0 Å². The van der Waals surface area contributed by atoms with Crippen molar-refractivity contribution in [1.82, 2.24) is 4.98 Å². The van der Waals surface area contributed by atoms with Crippen LogP contribution in [0.4, 0.5) is 0 Å². The summed E-state index contributed by atoms with van der Waals surface area (Å²) in [4.78, 5) is 14.8. The van der Waals surface area contributed by atoms with Gasteiger partial charge in [0.2, 0.25) is 0 Å². The Kier molecular flexibility index (Phi) is 3.24. The van der Waals surface area contributed by atoms with E-state index in [0.29, 0.717) is 0 Å². The van der Waals surface area contributed by atoms with E-state index in [1.54, 1.807) is 19.2 Å². The number of aryl methyl sites for hydroxylation is 1. The monoisotopic (exact) mass is 243 g/mol. The number of methoxy groups -OCH3 is 1. The van der Waals surface area contributed by atoms with Crippen LogP contribution in [0.2, 0.25) is 0 Å². The van der Waals surface area contributed by atoms with Crippen LogP contribution in [0.5, 0.6) is 5.75 Å². The number of nitrogens with one attached hydrogen (secondary N) is 1. The topological polar surface area (TPSA) is 42.1 Å². The summed E-state index contributed by atoms with van der Waals surface area (Å²) in [5.41, 5.74) is 4.99. The highest BCUT2D eigenvalue weighted by Gasteiger charge is 2.09. The fourth-order valence-corrected chi connectivity index (χ4v) is 2.14. The van der Waals surface area contributed by atoms with Gasteiger partial charge in [-0.05, 0) is 44.0 Å². The predicted octanol–water partition coefficient (Wildman–Crippen LogP) is 2.98. The lowest BCUT2D eigenvalue weighted by Crippen LogP contribution is -2.03. The second kappa shape index (κ2) is 4.69. The van der Waals surface area contributed by atoms with Gasteiger partial charge < -0.3 is 9.72 Å². The molecule has 0 saturated heterocycles. The summed E-state index contributed by atoms with van der Waals surface area (Å²) >= 11 is 0. The van der Waals surface area contributed by atoms with E-state index in [-0.39, 0.29) is 5.43 Å². The Hall–Kier alpha value is -2.03. The molecule has 0 saturated carbocycles. The fourth-order valence-electron chi connectivity index (χ4n) is 2.14. The molecule has 0 radical (unpaired) electrons. The molecule has 18 heavy (non-hydrogen) atoms. The number of benzene rings is 1. The van der Waals surface area contributed by atoms with E-state index in [2.05, 4.69) is 4.98 Å². The number of aromatic amines is 1. The first-order valence-electron chi connectivity index (χ1n) is 5.88. The van der Waals surface area contributed by atoms with Crippen molar-refractivity contribution < 1.29 is 4.74 Å². The summed E-state index contributed by atoms with van der Waals surface area (Å²) in [6.07, 6.45) is 0. The molecule has 1 aromatic carbocycles. The molecule has 0 unspecified atom stereocenters. The Morgan fingerprint density at radius 1 is 1.06 bits per heavy atom. The van der Waals surface area contributed by atoms with E-state index in [0.717, 1.165) is 33.8 Å². The van der Waals surface area contributed by atoms with Crippen LogP contribution >= 0.6 is 0 Å². The highest BCUT2D eigenvalue weighted by Crippen LogP contribution is 2.29. The molecular weight excluding hydrogens is 226 g/mol. The van der Waals surface area contributed by atoms with Crippen LogP contribution < -0.4 is 10.2 Å². The lowest BCUT2D eigenvalue weighted by Gasteiger charge is -2.13. The van der Waals surface area contributed by atoms with Crippen LogP contribution in [0.15, 0.2) is 29.1 Å². The van der Waals surface area contributed by atoms with Crippen molar-refractivity contribution in [2.24, 2.45) is 0 Å². The molecule has 2 aromatic rings. The lowest BCUT2D eigenvalue weighted by atomic mass is 9.99. The van der Waals surface area contributed by atoms with Crippen LogP contribution in [-0.2, 0) is 0 Å². The summed E-state index contributed by atoms with van der Waals surface area (Å²) in [5, 5.41) is 0. The Morgan fingerprint density at radius 3 is 2.39 bits per heavy atom. The van der Waals surface area contributed by atoms with E-state index in [1.165, 1.54) is 0 Å². The SMILES string of the molecule is COc1ccc(-c2cc(=O)cc(C)[nH]2)c(C)c1C. The Bertz CT molecular complexity index is 641. The highest BCUT2D eigenvalue weighted by molar-refractivity contribution is 5.67. The van der Waals surface area contributed by atoms with Crippen molar-refractivity contribution in [3.63, 3.8) is 0 Å². The summed E-state index contributed by atoms with van der Waals surface area (Å²) in [7, 11) is 1.66. The molecule has 1 heterocycles. The van der Waals surface area contributed by atoms with Crippen molar-refractivity contribution in [2.75, 3.05) is 7.11 Å². The molecular formula is C15H17NO2. The highest BCUT2D eigenvalue weighted by atomic mass is 16.5.